The number of hydrogen-bond acceptors (Lipinski definition) is 3. The number of ether oxygens (including phenoxy) is 1. The lowest BCUT2D eigenvalue weighted by molar-refractivity contribution is -0.0756. The number of morpholine rings is 1. The van der Waals surface area contributed by atoms with Crippen LogP contribution in [0.1, 0.15) is 42.6 Å². The number of halogens is 1. The summed E-state index contributed by atoms with van der Waals surface area (Å²) < 4.78 is 11.9. The van der Waals surface area contributed by atoms with Crippen molar-refractivity contribution in [1.82, 2.24) is 4.90 Å². The molecule has 2 heterocycles. The third-order valence-corrected chi connectivity index (χ3v) is 4.49. The molecule has 2 rings (SSSR count). The van der Waals surface area contributed by atoms with Crippen LogP contribution < -0.4 is 0 Å². The van der Waals surface area contributed by atoms with Crippen molar-refractivity contribution in [3.63, 3.8) is 0 Å². The van der Waals surface area contributed by atoms with E-state index in [1.807, 2.05) is 39.5 Å². The van der Waals surface area contributed by atoms with Crippen molar-refractivity contribution in [2.45, 2.75) is 46.3 Å². The van der Waals surface area contributed by atoms with Gasteiger partial charge < -0.3 is 14.1 Å². The van der Waals surface area contributed by atoms with Gasteiger partial charge in [0, 0.05) is 6.54 Å². The molecule has 0 spiro atoms. The molecule has 0 N–H and O–H groups in total. The van der Waals surface area contributed by atoms with Gasteiger partial charge in [-0.25, -0.2) is 0 Å². The normalized spacial score (nSPS) is 22.6. The maximum Gasteiger partial charge on any atom is 0.259 e. The Hall–Kier alpha value is -0.810. The molecule has 1 amide bonds. The first-order valence-corrected chi connectivity index (χ1v) is 7.22. The highest BCUT2D eigenvalue weighted by atomic mass is 79.9. The second-order valence-corrected chi connectivity index (χ2v) is 6.55. The van der Waals surface area contributed by atoms with Crippen LogP contribution in [0, 0.1) is 13.8 Å². The fraction of sp³-hybridized carbons (Fsp3) is 0.643. The van der Waals surface area contributed by atoms with Crippen LogP contribution >= 0.6 is 15.9 Å². The molecule has 0 radical (unpaired) electrons. The molecule has 1 unspecified atom stereocenters. The standard InChI is InChI=1S/C14H20BrNO3/c1-8-6-16(14(4,5)7-18-8)13(17)11-9(2)19-10(3)12(11)15/h8H,6-7H2,1-5H3. The van der Waals surface area contributed by atoms with Crippen molar-refractivity contribution in [3.8, 4) is 0 Å². The zero-order chi connectivity index (χ0) is 14.4. The van der Waals surface area contributed by atoms with E-state index in [4.69, 9.17) is 9.15 Å². The maximum absolute atomic E-state index is 12.8. The number of rotatable bonds is 1. The van der Waals surface area contributed by atoms with Crippen LogP contribution in [0.25, 0.3) is 0 Å². The van der Waals surface area contributed by atoms with Gasteiger partial charge in [0.2, 0.25) is 0 Å². The van der Waals surface area contributed by atoms with Gasteiger partial charge in [0.15, 0.2) is 0 Å². The average Bonchev–Trinajstić information content (AvgIpc) is 2.56. The monoisotopic (exact) mass is 329 g/mol. The molecule has 0 aliphatic carbocycles. The van der Waals surface area contributed by atoms with E-state index in [2.05, 4.69) is 15.9 Å². The molecule has 1 atom stereocenters. The van der Waals surface area contributed by atoms with Gasteiger partial charge in [-0.1, -0.05) is 0 Å². The number of nitrogens with zero attached hydrogens (tertiary/aromatic N) is 1. The third-order valence-electron chi connectivity index (χ3n) is 3.54. The molecule has 1 saturated heterocycles. The van der Waals surface area contributed by atoms with Crippen molar-refractivity contribution >= 4 is 21.8 Å². The topological polar surface area (TPSA) is 42.7 Å². The Morgan fingerprint density at radius 1 is 1.37 bits per heavy atom. The highest BCUT2D eigenvalue weighted by molar-refractivity contribution is 9.10. The van der Waals surface area contributed by atoms with Crippen molar-refractivity contribution < 1.29 is 13.9 Å². The van der Waals surface area contributed by atoms with Crippen LogP contribution in [-0.4, -0.2) is 35.6 Å². The zero-order valence-corrected chi connectivity index (χ0v) is 13.6. The minimum absolute atomic E-state index is 0.00127. The summed E-state index contributed by atoms with van der Waals surface area (Å²) in [5.74, 6) is 1.39. The molecular weight excluding hydrogens is 310 g/mol. The number of furan rings is 1. The Morgan fingerprint density at radius 2 is 2.00 bits per heavy atom. The van der Waals surface area contributed by atoms with Gasteiger partial charge in [-0.05, 0) is 50.5 Å². The summed E-state index contributed by atoms with van der Waals surface area (Å²) in [6.07, 6.45) is 0.0593. The molecule has 1 aromatic rings. The molecule has 5 heteroatoms. The minimum Gasteiger partial charge on any atom is -0.465 e. The number of aryl methyl sites for hydroxylation is 2. The van der Waals surface area contributed by atoms with E-state index < -0.39 is 0 Å². The first-order chi connectivity index (χ1) is 8.74. The number of carbonyl (C=O) groups is 1. The second-order valence-electron chi connectivity index (χ2n) is 5.75. The first-order valence-electron chi connectivity index (χ1n) is 6.43. The maximum atomic E-state index is 12.8. The Balaban J connectivity index is 2.37. The lowest BCUT2D eigenvalue weighted by Crippen LogP contribution is -2.57. The quantitative estimate of drug-likeness (QED) is 0.793. The summed E-state index contributed by atoms with van der Waals surface area (Å²) in [6.45, 7) is 10.8. The third kappa shape index (κ3) is 2.58. The molecule has 1 aliphatic rings. The summed E-state index contributed by atoms with van der Waals surface area (Å²) in [5, 5.41) is 0. The molecule has 4 nitrogen and oxygen atoms in total. The van der Waals surface area contributed by atoms with Crippen molar-refractivity contribution in [1.29, 1.82) is 0 Å². The van der Waals surface area contributed by atoms with E-state index >= 15 is 0 Å². The lowest BCUT2D eigenvalue weighted by Gasteiger charge is -2.44. The van der Waals surface area contributed by atoms with E-state index in [0.29, 0.717) is 24.5 Å². The highest BCUT2D eigenvalue weighted by Gasteiger charge is 2.39. The SMILES string of the molecule is Cc1oc(C)c(C(=O)N2CC(C)OCC2(C)C)c1Br. The molecule has 0 bridgehead atoms. The molecule has 19 heavy (non-hydrogen) atoms. The van der Waals surface area contributed by atoms with E-state index in [9.17, 15) is 4.79 Å². The zero-order valence-electron chi connectivity index (χ0n) is 12.0. The van der Waals surface area contributed by atoms with Crippen LogP contribution in [0.15, 0.2) is 8.89 Å². The predicted octanol–water partition coefficient (Wildman–Crippen LogP) is 3.30. The van der Waals surface area contributed by atoms with E-state index in [1.54, 1.807) is 0 Å². The minimum atomic E-state index is -0.305. The summed E-state index contributed by atoms with van der Waals surface area (Å²) in [7, 11) is 0. The Kier molecular flexibility index (Phi) is 3.80. The first kappa shape index (κ1) is 14.6. The molecule has 1 aromatic heterocycles. The summed E-state index contributed by atoms with van der Waals surface area (Å²) in [4.78, 5) is 14.7. The van der Waals surface area contributed by atoms with Gasteiger partial charge >= 0.3 is 0 Å². The Bertz CT molecular complexity index is 507. The van der Waals surface area contributed by atoms with E-state index in [0.717, 1.165) is 10.2 Å². The van der Waals surface area contributed by atoms with Crippen LogP contribution in [-0.2, 0) is 4.74 Å². The predicted molar refractivity (Wildman–Crippen MR) is 76.4 cm³/mol. The number of hydrogen-bond donors (Lipinski definition) is 0. The Morgan fingerprint density at radius 3 is 2.53 bits per heavy atom. The van der Waals surface area contributed by atoms with Gasteiger partial charge in [-0.15, -0.1) is 0 Å². The molecule has 106 valence electrons. The number of amides is 1. The van der Waals surface area contributed by atoms with Gasteiger partial charge in [0.05, 0.1) is 28.3 Å². The Labute approximate surface area is 122 Å². The molecule has 1 aliphatic heterocycles. The fourth-order valence-corrected chi connectivity index (χ4v) is 2.90. The van der Waals surface area contributed by atoms with E-state index in [-0.39, 0.29) is 17.6 Å². The average molecular weight is 330 g/mol. The second kappa shape index (κ2) is 4.94. The van der Waals surface area contributed by atoms with Gasteiger partial charge in [-0.3, -0.25) is 4.79 Å². The molecular formula is C14H20BrNO3. The molecule has 0 aromatic carbocycles. The van der Waals surface area contributed by atoms with Crippen molar-refractivity contribution in [2.24, 2.45) is 0 Å². The summed E-state index contributed by atoms with van der Waals surface area (Å²) >= 11 is 3.45. The summed E-state index contributed by atoms with van der Waals surface area (Å²) in [6, 6.07) is 0. The largest absolute Gasteiger partial charge is 0.465 e. The van der Waals surface area contributed by atoms with Crippen LogP contribution in [0.4, 0.5) is 0 Å². The highest BCUT2D eigenvalue weighted by Crippen LogP contribution is 2.32. The van der Waals surface area contributed by atoms with Crippen molar-refractivity contribution in [3.05, 3.63) is 21.6 Å². The van der Waals surface area contributed by atoms with Gasteiger partial charge in [0.1, 0.15) is 11.5 Å². The lowest BCUT2D eigenvalue weighted by atomic mass is 9.99. The van der Waals surface area contributed by atoms with Crippen molar-refractivity contribution in [2.75, 3.05) is 13.2 Å². The van der Waals surface area contributed by atoms with Crippen LogP contribution in [0.5, 0.6) is 0 Å². The number of carbonyl (C=O) groups excluding carboxylic acids is 1. The van der Waals surface area contributed by atoms with E-state index in [1.165, 1.54) is 0 Å². The van der Waals surface area contributed by atoms with Gasteiger partial charge in [-0.2, -0.15) is 0 Å². The van der Waals surface area contributed by atoms with Crippen LogP contribution in [0.3, 0.4) is 0 Å². The van der Waals surface area contributed by atoms with Crippen LogP contribution in [0.2, 0.25) is 0 Å². The fourth-order valence-electron chi connectivity index (χ4n) is 2.37. The molecule has 0 saturated carbocycles. The smallest absolute Gasteiger partial charge is 0.259 e. The summed E-state index contributed by atoms with van der Waals surface area (Å²) in [5.41, 5.74) is 0.320. The van der Waals surface area contributed by atoms with Gasteiger partial charge in [0.25, 0.3) is 5.91 Å². The molecule has 1 fully saturated rings.